The van der Waals surface area contributed by atoms with Crippen LogP contribution in [0.25, 0.3) is 0 Å². The summed E-state index contributed by atoms with van der Waals surface area (Å²) in [4.78, 5) is 2.41. The number of likely N-dealkylation sites (tertiary alicyclic amines) is 1. The van der Waals surface area contributed by atoms with Crippen LogP contribution in [0.4, 0.5) is 0 Å². The predicted octanol–water partition coefficient (Wildman–Crippen LogP) is 5.42. The predicted molar refractivity (Wildman–Crippen MR) is 125 cm³/mol. The quantitative estimate of drug-likeness (QED) is 0.514. The number of aliphatic hydroxyl groups excluding tert-OH is 1. The maximum atomic E-state index is 10.3. The largest absolute Gasteiger partial charge is 0.491 e. The summed E-state index contributed by atoms with van der Waals surface area (Å²) in [5.74, 6) is 0.866. The van der Waals surface area contributed by atoms with Crippen LogP contribution in [0.2, 0.25) is 0 Å². The number of hydrogen-bond acceptors (Lipinski definition) is 4. The van der Waals surface area contributed by atoms with E-state index in [2.05, 4.69) is 65.5 Å². The smallest absolute Gasteiger partial charge is 0.119 e. The molecule has 1 saturated heterocycles. The molecule has 0 spiro atoms. The fourth-order valence-corrected chi connectivity index (χ4v) is 5.00. The number of piperidine rings is 1. The molecule has 0 unspecified atom stereocenters. The maximum Gasteiger partial charge on any atom is 0.119 e. The number of rotatable bonds is 10. The Bertz CT molecular complexity index is 610. The molecule has 0 amide bonds. The SMILES string of the molecule is C[C@H]1CCC[C@H](C)N1C[C@@H](O)COCCOc1ccc(C(C)(C)CC(C)(C)C)cc1. The summed E-state index contributed by atoms with van der Waals surface area (Å²) in [7, 11) is 0. The molecule has 1 aliphatic rings. The van der Waals surface area contributed by atoms with Crippen LogP contribution in [0.5, 0.6) is 5.75 Å². The molecule has 4 nitrogen and oxygen atoms in total. The first-order valence-corrected chi connectivity index (χ1v) is 11.7. The molecule has 0 saturated carbocycles. The molecule has 0 aliphatic carbocycles. The number of β-amino-alcohol motifs (C(OH)–C–C–N with tert-alkyl or cyclic N) is 1. The van der Waals surface area contributed by atoms with Gasteiger partial charge in [-0.25, -0.2) is 0 Å². The van der Waals surface area contributed by atoms with E-state index in [-0.39, 0.29) is 5.41 Å². The van der Waals surface area contributed by atoms with Crippen molar-refractivity contribution in [2.75, 3.05) is 26.4 Å². The van der Waals surface area contributed by atoms with Crippen LogP contribution in [0.1, 0.15) is 79.7 Å². The Kier molecular flexibility index (Phi) is 9.20. The van der Waals surface area contributed by atoms with Gasteiger partial charge in [-0.15, -0.1) is 0 Å². The number of hydrogen-bond donors (Lipinski definition) is 1. The van der Waals surface area contributed by atoms with Gasteiger partial charge in [0.2, 0.25) is 0 Å². The van der Waals surface area contributed by atoms with E-state index in [4.69, 9.17) is 9.47 Å². The van der Waals surface area contributed by atoms with Crippen molar-refractivity contribution in [3.05, 3.63) is 29.8 Å². The van der Waals surface area contributed by atoms with Crippen LogP contribution in [0.15, 0.2) is 24.3 Å². The Labute approximate surface area is 185 Å². The molecule has 4 heteroatoms. The van der Waals surface area contributed by atoms with Gasteiger partial charge in [0.05, 0.1) is 19.3 Å². The monoisotopic (exact) mass is 419 g/mol. The van der Waals surface area contributed by atoms with Crippen molar-refractivity contribution in [3.63, 3.8) is 0 Å². The molecule has 2 rings (SSSR count). The molecule has 3 atom stereocenters. The molecule has 1 N–H and O–H groups in total. The van der Waals surface area contributed by atoms with E-state index in [9.17, 15) is 5.11 Å². The summed E-state index contributed by atoms with van der Waals surface area (Å²) < 4.78 is 11.5. The van der Waals surface area contributed by atoms with Crippen molar-refractivity contribution in [1.82, 2.24) is 4.90 Å². The van der Waals surface area contributed by atoms with Gasteiger partial charge in [-0.3, -0.25) is 4.90 Å². The van der Waals surface area contributed by atoms with E-state index < -0.39 is 6.10 Å². The highest BCUT2D eigenvalue weighted by Gasteiger charge is 2.27. The zero-order chi connectivity index (χ0) is 22.4. The Hall–Kier alpha value is -1.10. The average molecular weight is 420 g/mol. The van der Waals surface area contributed by atoms with Gasteiger partial charge in [0.15, 0.2) is 0 Å². The minimum atomic E-state index is -0.447. The zero-order valence-electron chi connectivity index (χ0n) is 20.4. The molecule has 1 heterocycles. The van der Waals surface area contributed by atoms with E-state index in [0.29, 0.717) is 43.9 Å². The normalized spacial score (nSPS) is 22.1. The highest BCUT2D eigenvalue weighted by atomic mass is 16.5. The van der Waals surface area contributed by atoms with Crippen LogP contribution in [-0.4, -0.2) is 54.6 Å². The van der Waals surface area contributed by atoms with Gasteiger partial charge < -0.3 is 14.6 Å². The number of benzene rings is 1. The van der Waals surface area contributed by atoms with Crippen LogP contribution in [0.3, 0.4) is 0 Å². The lowest BCUT2D eigenvalue weighted by Crippen LogP contribution is -2.48. The van der Waals surface area contributed by atoms with E-state index in [1.54, 1.807) is 0 Å². The third-order valence-corrected chi connectivity index (χ3v) is 6.21. The Balaban J connectivity index is 1.68. The molecular formula is C26H45NO3. The minimum absolute atomic E-state index is 0.138. The summed E-state index contributed by atoms with van der Waals surface area (Å²) in [6.45, 7) is 18.0. The lowest BCUT2D eigenvalue weighted by atomic mass is 9.72. The molecule has 0 bridgehead atoms. The molecule has 1 fully saturated rings. The van der Waals surface area contributed by atoms with Gasteiger partial charge in [0.1, 0.15) is 12.4 Å². The van der Waals surface area contributed by atoms with Crippen LogP contribution < -0.4 is 4.74 Å². The maximum absolute atomic E-state index is 10.3. The second-order valence-corrected chi connectivity index (χ2v) is 11.0. The van der Waals surface area contributed by atoms with Gasteiger partial charge in [0.25, 0.3) is 0 Å². The first-order chi connectivity index (χ1) is 14.0. The fraction of sp³-hybridized carbons (Fsp3) is 0.769. The molecular weight excluding hydrogens is 374 g/mol. The number of aliphatic hydroxyl groups is 1. The lowest BCUT2D eigenvalue weighted by molar-refractivity contribution is -0.0141. The second-order valence-electron chi connectivity index (χ2n) is 11.0. The number of nitrogens with zero attached hydrogens (tertiary/aromatic N) is 1. The second kappa shape index (κ2) is 11.0. The molecule has 1 aliphatic heterocycles. The topological polar surface area (TPSA) is 41.9 Å². The number of ether oxygens (including phenoxy) is 2. The average Bonchev–Trinajstić information content (AvgIpc) is 2.63. The van der Waals surface area contributed by atoms with Crippen molar-refractivity contribution in [3.8, 4) is 5.75 Å². The Morgan fingerprint density at radius 1 is 1.00 bits per heavy atom. The van der Waals surface area contributed by atoms with Gasteiger partial charge >= 0.3 is 0 Å². The van der Waals surface area contributed by atoms with Gasteiger partial charge in [-0.1, -0.05) is 53.2 Å². The van der Waals surface area contributed by atoms with Crippen molar-refractivity contribution in [2.45, 2.75) is 97.8 Å². The van der Waals surface area contributed by atoms with Crippen LogP contribution in [-0.2, 0) is 10.2 Å². The Morgan fingerprint density at radius 3 is 2.17 bits per heavy atom. The molecule has 0 radical (unpaired) electrons. The summed E-state index contributed by atoms with van der Waals surface area (Å²) in [5.41, 5.74) is 1.77. The van der Waals surface area contributed by atoms with E-state index >= 15 is 0 Å². The van der Waals surface area contributed by atoms with Crippen LogP contribution >= 0.6 is 0 Å². The lowest BCUT2D eigenvalue weighted by Gasteiger charge is -2.40. The van der Waals surface area contributed by atoms with Crippen molar-refractivity contribution < 1.29 is 14.6 Å². The third kappa shape index (κ3) is 8.20. The minimum Gasteiger partial charge on any atom is -0.491 e. The summed E-state index contributed by atoms with van der Waals surface area (Å²) in [6, 6.07) is 9.53. The molecule has 172 valence electrons. The fourth-order valence-electron chi connectivity index (χ4n) is 5.00. The zero-order valence-corrected chi connectivity index (χ0v) is 20.4. The molecule has 30 heavy (non-hydrogen) atoms. The van der Waals surface area contributed by atoms with Crippen LogP contribution in [0, 0.1) is 5.41 Å². The summed E-state index contributed by atoms with van der Waals surface area (Å²) >= 11 is 0. The van der Waals surface area contributed by atoms with Crippen molar-refractivity contribution in [1.29, 1.82) is 0 Å². The van der Waals surface area contributed by atoms with Gasteiger partial charge in [0, 0.05) is 18.6 Å². The highest BCUT2D eigenvalue weighted by Crippen LogP contribution is 2.36. The third-order valence-electron chi connectivity index (χ3n) is 6.21. The Morgan fingerprint density at radius 2 is 1.60 bits per heavy atom. The molecule has 1 aromatic carbocycles. The molecule has 0 aromatic heterocycles. The van der Waals surface area contributed by atoms with E-state index in [1.165, 1.54) is 24.8 Å². The van der Waals surface area contributed by atoms with E-state index in [0.717, 1.165) is 12.2 Å². The summed E-state index contributed by atoms with van der Waals surface area (Å²) in [6.07, 6.45) is 4.41. The van der Waals surface area contributed by atoms with Crippen molar-refractivity contribution in [2.24, 2.45) is 5.41 Å². The summed E-state index contributed by atoms with van der Waals surface area (Å²) in [5, 5.41) is 10.3. The highest BCUT2D eigenvalue weighted by molar-refractivity contribution is 5.31. The van der Waals surface area contributed by atoms with E-state index in [1.807, 2.05) is 12.1 Å². The first-order valence-electron chi connectivity index (χ1n) is 11.7. The first kappa shape index (κ1) is 25.2. The van der Waals surface area contributed by atoms with Gasteiger partial charge in [-0.05, 0) is 61.6 Å². The standard InChI is InChI=1S/C26H45NO3/c1-20-9-8-10-21(2)27(20)17-23(28)18-29-15-16-30-24-13-11-22(12-14-24)26(6,7)19-25(3,4)5/h11-14,20-21,23,28H,8-10,15-19H2,1-7H3/t20-,21-,23+/m0/s1. The molecule has 1 aromatic rings. The van der Waals surface area contributed by atoms with Crippen molar-refractivity contribution >= 4 is 0 Å². The van der Waals surface area contributed by atoms with Gasteiger partial charge in [-0.2, -0.15) is 0 Å².